The average molecular weight is 494 g/mol. The maximum Gasteiger partial charge on any atom is 0.433 e. The van der Waals surface area contributed by atoms with E-state index in [4.69, 9.17) is 16.0 Å². The Hall–Kier alpha value is -3.69. The van der Waals surface area contributed by atoms with E-state index in [0.29, 0.717) is 41.6 Å². The van der Waals surface area contributed by atoms with Crippen LogP contribution in [-0.2, 0) is 32.5 Å². The van der Waals surface area contributed by atoms with E-state index >= 15 is 0 Å². The number of nitrogens with zero attached hydrogens (tertiary/aromatic N) is 4. The number of imidazole rings is 1. The van der Waals surface area contributed by atoms with Gasteiger partial charge in [0.15, 0.2) is 0 Å². The molecule has 0 unspecified atom stereocenters. The summed E-state index contributed by atoms with van der Waals surface area (Å²) in [6, 6.07) is 12.8. The molecule has 0 bridgehead atoms. The molecule has 0 radical (unpaired) electrons. The highest BCUT2D eigenvalue weighted by Gasteiger charge is 2.21. The first kappa shape index (κ1) is 23.1. The molecule has 1 N–H and O–H groups in total. The Morgan fingerprint density at radius 3 is 2.86 bits per heavy atom. The van der Waals surface area contributed by atoms with Crippen LogP contribution in [0.3, 0.4) is 0 Å². The second-order valence-electron chi connectivity index (χ2n) is 8.58. The van der Waals surface area contributed by atoms with Crippen LogP contribution in [0.25, 0.3) is 5.65 Å². The highest BCUT2D eigenvalue weighted by Crippen LogP contribution is 2.24. The van der Waals surface area contributed by atoms with Crippen LogP contribution in [0.15, 0.2) is 53.1 Å². The van der Waals surface area contributed by atoms with Gasteiger partial charge in [0.05, 0.1) is 23.3 Å². The Kier molecular flexibility index (Phi) is 6.27. The minimum Gasteiger partial charge on any atom is -0.404 e. The number of benzene rings is 1. The van der Waals surface area contributed by atoms with E-state index in [2.05, 4.69) is 27.3 Å². The van der Waals surface area contributed by atoms with E-state index < -0.39 is 4.92 Å². The smallest absolute Gasteiger partial charge is 0.404 e. The summed E-state index contributed by atoms with van der Waals surface area (Å²) in [6.45, 7) is 4.45. The fourth-order valence-corrected chi connectivity index (χ4v) is 4.66. The second-order valence-corrected chi connectivity index (χ2v) is 9.02. The van der Waals surface area contributed by atoms with Gasteiger partial charge < -0.3 is 9.73 Å². The van der Waals surface area contributed by atoms with Gasteiger partial charge in [0.2, 0.25) is 0 Å². The number of carbonyl (C=O) groups is 1. The fourth-order valence-electron chi connectivity index (χ4n) is 4.50. The zero-order valence-corrected chi connectivity index (χ0v) is 19.9. The molecular weight excluding hydrogens is 470 g/mol. The van der Waals surface area contributed by atoms with Gasteiger partial charge in [0.25, 0.3) is 5.91 Å². The first-order chi connectivity index (χ1) is 16.9. The van der Waals surface area contributed by atoms with Gasteiger partial charge in [0.1, 0.15) is 22.0 Å². The number of carbonyl (C=O) groups excluding carboxylic acids is 1. The van der Waals surface area contributed by atoms with Crippen molar-refractivity contribution in [1.29, 1.82) is 0 Å². The molecule has 9 nitrogen and oxygen atoms in total. The Bertz CT molecular complexity index is 1430. The molecule has 0 atom stereocenters. The zero-order valence-electron chi connectivity index (χ0n) is 19.2. The maximum absolute atomic E-state index is 13.1. The molecule has 180 valence electrons. The standard InChI is InChI=1S/C25H24ClN5O4/c1-2-21-24(30-14-19(26)5-7-22(30)28-21)25(32)27-12-16-3-4-18-13-29(10-9-17(18)11-16)15-20-6-8-23(35-20)31(33)34/h3-8,11,14H,2,9-10,12-13,15H2,1H3,(H,27,32). The summed E-state index contributed by atoms with van der Waals surface area (Å²) in [4.78, 5) is 30.1. The molecule has 0 spiro atoms. The zero-order chi connectivity index (χ0) is 24.5. The molecule has 4 aromatic rings. The van der Waals surface area contributed by atoms with Crippen molar-refractivity contribution in [2.75, 3.05) is 6.54 Å². The molecule has 4 heterocycles. The number of rotatable bonds is 7. The lowest BCUT2D eigenvalue weighted by Gasteiger charge is -2.28. The average Bonchev–Trinajstić information content (AvgIpc) is 3.46. The van der Waals surface area contributed by atoms with E-state index in [0.717, 1.165) is 30.8 Å². The number of nitrogens with one attached hydrogen (secondary N) is 1. The van der Waals surface area contributed by atoms with Gasteiger partial charge in [-0.25, -0.2) is 4.98 Å². The molecule has 1 aromatic carbocycles. The molecule has 5 rings (SSSR count). The van der Waals surface area contributed by atoms with Crippen molar-refractivity contribution in [3.05, 3.63) is 97.6 Å². The van der Waals surface area contributed by atoms with Crippen molar-refractivity contribution in [3.8, 4) is 0 Å². The molecule has 0 saturated heterocycles. The second kappa shape index (κ2) is 9.52. The van der Waals surface area contributed by atoms with Gasteiger partial charge in [-0.15, -0.1) is 0 Å². The predicted octanol–water partition coefficient (Wildman–Crippen LogP) is 4.54. The van der Waals surface area contributed by atoms with Crippen molar-refractivity contribution < 1.29 is 14.1 Å². The first-order valence-corrected chi connectivity index (χ1v) is 11.8. The van der Waals surface area contributed by atoms with Gasteiger partial charge in [0, 0.05) is 25.8 Å². The van der Waals surface area contributed by atoms with Gasteiger partial charge in [-0.1, -0.05) is 36.7 Å². The lowest BCUT2D eigenvalue weighted by Crippen LogP contribution is -2.30. The van der Waals surface area contributed by atoms with Crippen LogP contribution in [0, 0.1) is 10.1 Å². The Morgan fingerprint density at radius 1 is 1.23 bits per heavy atom. The quantitative estimate of drug-likeness (QED) is 0.299. The lowest BCUT2D eigenvalue weighted by molar-refractivity contribution is -0.402. The van der Waals surface area contributed by atoms with Gasteiger partial charge in [-0.05, 0) is 47.7 Å². The minimum absolute atomic E-state index is 0.187. The highest BCUT2D eigenvalue weighted by molar-refractivity contribution is 6.30. The summed E-state index contributed by atoms with van der Waals surface area (Å²) in [5.74, 6) is 0.162. The summed E-state index contributed by atoms with van der Waals surface area (Å²) < 4.78 is 7.04. The number of halogens is 1. The van der Waals surface area contributed by atoms with Crippen LogP contribution < -0.4 is 5.32 Å². The third-order valence-electron chi connectivity index (χ3n) is 6.23. The summed E-state index contributed by atoms with van der Waals surface area (Å²) in [6.07, 6.45) is 3.21. The molecule has 35 heavy (non-hydrogen) atoms. The van der Waals surface area contributed by atoms with E-state index in [-0.39, 0.29) is 11.8 Å². The number of nitro groups is 1. The van der Waals surface area contributed by atoms with Crippen molar-refractivity contribution in [1.82, 2.24) is 19.6 Å². The van der Waals surface area contributed by atoms with Gasteiger partial charge >= 0.3 is 5.88 Å². The number of pyridine rings is 1. The van der Waals surface area contributed by atoms with Crippen molar-refractivity contribution in [2.24, 2.45) is 0 Å². The molecule has 1 aliphatic heterocycles. The van der Waals surface area contributed by atoms with E-state index in [1.165, 1.54) is 17.2 Å². The summed E-state index contributed by atoms with van der Waals surface area (Å²) >= 11 is 6.14. The monoisotopic (exact) mass is 493 g/mol. The largest absolute Gasteiger partial charge is 0.433 e. The number of amides is 1. The third kappa shape index (κ3) is 4.78. The molecule has 1 aliphatic rings. The van der Waals surface area contributed by atoms with Gasteiger partial charge in [-0.3, -0.25) is 24.2 Å². The molecule has 10 heteroatoms. The van der Waals surface area contributed by atoms with Crippen LogP contribution in [0.5, 0.6) is 0 Å². The molecule has 0 saturated carbocycles. The van der Waals surface area contributed by atoms with Crippen molar-refractivity contribution in [2.45, 2.75) is 39.4 Å². The van der Waals surface area contributed by atoms with Gasteiger partial charge in [-0.2, -0.15) is 0 Å². The number of hydrogen-bond donors (Lipinski definition) is 1. The highest BCUT2D eigenvalue weighted by atomic mass is 35.5. The van der Waals surface area contributed by atoms with Crippen LogP contribution in [0.2, 0.25) is 5.02 Å². The van der Waals surface area contributed by atoms with E-state index in [1.807, 2.05) is 13.0 Å². The topological polar surface area (TPSA) is 106 Å². The third-order valence-corrected chi connectivity index (χ3v) is 6.45. The van der Waals surface area contributed by atoms with Crippen LogP contribution in [0.4, 0.5) is 5.88 Å². The molecule has 0 fully saturated rings. The first-order valence-electron chi connectivity index (χ1n) is 11.4. The summed E-state index contributed by atoms with van der Waals surface area (Å²) in [7, 11) is 0. The SMILES string of the molecule is CCc1nc2ccc(Cl)cn2c1C(=O)NCc1ccc2c(c1)CCN(Cc1ccc([N+](=O)[O-])o1)C2. The summed E-state index contributed by atoms with van der Waals surface area (Å²) in [5.41, 5.74) is 5.41. The number of aromatic nitrogens is 2. The number of fused-ring (bicyclic) bond motifs is 2. The summed E-state index contributed by atoms with van der Waals surface area (Å²) in [5, 5.41) is 14.4. The van der Waals surface area contributed by atoms with E-state index in [9.17, 15) is 14.9 Å². The Morgan fingerprint density at radius 2 is 2.09 bits per heavy atom. The van der Waals surface area contributed by atoms with Crippen LogP contribution in [0.1, 0.15) is 45.6 Å². The normalized spacial score (nSPS) is 13.7. The minimum atomic E-state index is -0.525. The molecule has 1 amide bonds. The number of aryl methyl sites for hydroxylation is 1. The van der Waals surface area contributed by atoms with Crippen molar-refractivity contribution >= 4 is 29.0 Å². The van der Waals surface area contributed by atoms with E-state index in [1.54, 1.807) is 28.8 Å². The number of hydrogen-bond acceptors (Lipinski definition) is 6. The fraction of sp³-hybridized carbons (Fsp3) is 0.280. The molecule has 0 aliphatic carbocycles. The van der Waals surface area contributed by atoms with Crippen LogP contribution in [-0.4, -0.2) is 31.7 Å². The molecule has 3 aromatic heterocycles. The van der Waals surface area contributed by atoms with Crippen molar-refractivity contribution in [3.63, 3.8) is 0 Å². The van der Waals surface area contributed by atoms with Crippen LogP contribution >= 0.6 is 11.6 Å². The Labute approximate surface area is 206 Å². The predicted molar refractivity (Wildman–Crippen MR) is 130 cm³/mol. The lowest BCUT2D eigenvalue weighted by atomic mass is 9.97. The number of furan rings is 1. The Balaban J connectivity index is 1.25. The molecular formula is C25H24ClN5O4. The maximum atomic E-state index is 13.1.